The SMILES string of the molecule is CC1(C)CC(NC(=O)CN(c2ccccc2Oc2ccccc2)S(C)(=O)=O)c2ccccc2O1. The van der Waals surface area contributed by atoms with Gasteiger partial charge < -0.3 is 14.8 Å². The quantitative estimate of drug-likeness (QED) is 0.532. The van der Waals surface area contributed by atoms with Gasteiger partial charge in [0, 0.05) is 12.0 Å². The average molecular weight is 481 g/mol. The summed E-state index contributed by atoms with van der Waals surface area (Å²) in [6.07, 6.45) is 1.63. The van der Waals surface area contributed by atoms with E-state index in [2.05, 4.69) is 5.32 Å². The largest absolute Gasteiger partial charge is 0.487 e. The van der Waals surface area contributed by atoms with Gasteiger partial charge in [-0.15, -0.1) is 0 Å². The van der Waals surface area contributed by atoms with Crippen LogP contribution < -0.4 is 19.1 Å². The summed E-state index contributed by atoms with van der Waals surface area (Å²) in [7, 11) is -3.78. The fourth-order valence-electron chi connectivity index (χ4n) is 4.05. The number of anilines is 1. The van der Waals surface area contributed by atoms with Gasteiger partial charge in [-0.05, 0) is 44.2 Å². The normalized spacial score (nSPS) is 16.6. The Labute approximate surface area is 200 Å². The Morgan fingerprint density at radius 2 is 1.68 bits per heavy atom. The van der Waals surface area contributed by atoms with Crippen molar-refractivity contribution in [3.8, 4) is 17.2 Å². The molecular weight excluding hydrogens is 452 g/mol. The highest BCUT2D eigenvalue weighted by atomic mass is 32.2. The molecule has 1 aliphatic heterocycles. The topological polar surface area (TPSA) is 84.9 Å². The minimum absolute atomic E-state index is 0.289. The second-order valence-electron chi connectivity index (χ2n) is 8.88. The Kier molecular flexibility index (Phi) is 6.52. The van der Waals surface area contributed by atoms with E-state index in [4.69, 9.17) is 9.47 Å². The van der Waals surface area contributed by atoms with Gasteiger partial charge in [-0.3, -0.25) is 9.10 Å². The molecule has 1 unspecified atom stereocenters. The molecule has 1 amide bonds. The summed E-state index contributed by atoms with van der Waals surface area (Å²) < 4.78 is 38.5. The van der Waals surface area contributed by atoms with E-state index in [9.17, 15) is 13.2 Å². The molecule has 0 saturated carbocycles. The van der Waals surface area contributed by atoms with Gasteiger partial charge in [-0.2, -0.15) is 0 Å². The zero-order valence-electron chi connectivity index (χ0n) is 19.4. The van der Waals surface area contributed by atoms with Crippen LogP contribution in [0, 0.1) is 0 Å². The summed E-state index contributed by atoms with van der Waals surface area (Å²) in [4.78, 5) is 13.1. The standard InChI is InChI=1S/C26H28N2O5S/c1-26(2)17-21(20-13-7-9-15-23(20)33-26)27-25(29)18-28(34(3,30)31)22-14-8-10-16-24(22)32-19-11-5-4-6-12-19/h4-16,21H,17-18H2,1-3H3,(H,27,29). The zero-order valence-corrected chi connectivity index (χ0v) is 20.2. The lowest BCUT2D eigenvalue weighted by molar-refractivity contribution is -0.120. The van der Waals surface area contributed by atoms with Crippen molar-refractivity contribution in [2.24, 2.45) is 0 Å². The van der Waals surface area contributed by atoms with Crippen LogP contribution in [0.15, 0.2) is 78.9 Å². The number of hydrogen-bond acceptors (Lipinski definition) is 5. The summed E-state index contributed by atoms with van der Waals surface area (Å²) in [6.45, 7) is 3.54. The van der Waals surface area contributed by atoms with Crippen LogP contribution >= 0.6 is 0 Å². The fourth-order valence-corrected chi connectivity index (χ4v) is 4.91. The van der Waals surface area contributed by atoms with Crippen LogP contribution in [0.5, 0.6) is 17.2 Å². The first-order chi connectivity index (χ1) is 16.1. The van der Waals surface area contributed by atoms with Crippen molar-refractivity contribution in [3.63, 3.8) is 0 Å². The summed E-state index contributed by atoms with van der Waals surface area (Å²) in [6, 6.07) is 23.1. The number of carbonyl (C=O) groups excluding carboxylic acids is 1. The minimum atomic E-state index is -3.78. The smallest absolute Gasteiger partial charge is 0.241 e. The molecule has 0 fully saturated rings. The number of amides is 1. The average Bonchev–Trinajstić information content (AvgIpc) is 2.77. The molecule has 0 aliphatic carbocycles. The second-order valence-corrected chi connectivity index (χ2v) is 10.8. The first-order valence-corrected chi connectivity index (χ1v) is 12.8. The Balaban J connectivity index is 1.59. The maximum Gasteiger partial charge on any atom is 0.241 e. The number of nitrogens with one attached hydrogen (secondary N) is 1. The third kappa shape index (κ3) is 5.51. The predicted molar refractivity (Wildman–Crippen MR) is 132 cm³/mol. The van der Waals surface area contributed by atoms with E-state index in [1.807, 2.05) is 56.3 Å². The van der Waals surface area contributed by atoms with Crippen molar-refractivity contribution in [1.82, 2.24) is 5.32 Å². The number of para-hydroxylation sites is 4. The number of benzene rings is 3. The van der Waals surface area contributed by atoms with Gasteiger partial charge in [0.2, 0.25) is 15.9 Å². The molecule has 3 aromatic rings. The van der Waals surface area contributed by atoms with E-state index in [1.165, 1.54) is 0 Å². The maximum atomic E-state index is 13.1. The van der Waals surface area contributed by atoms with Gasteiger partial charge in [-0.1, -0.05) is 48.5 Å². The lowest BCUT2D eigenvalue weighted by atomic mass is 9.89. The third-order valence-corrected chi connectivity index (χ3v) is 6.63. The van der Waals surface area contributed by atoms with Crippen molar-refractivity contribution in [2.45, 2.75) is 31.9 Å². The molecule has 0 saturated heterocycles. The Morgan fingerprint density at radius 3 is 2.41 bits per heavy atom. The number of hydrogen-bond donors (Lipinski definition) is 1. The molecule has 7 nitrogen and oxygen atoms in total. The van der Waals surface area contributed by atoms with E-state index < -0.39 is 21.5 Å². The van der Waals surface area contributed by atoms with Crippen molar-refractivity contribution >= 4 is 21.6 Å². The first kappa shape index (κ1) is 23.6. The fraction of sp³-hybridized carbons (Fsp3) is 0.269. The lowest BCUT2D eigenvalue weighted by Crippen LogP contribution is -2.45. The third-order valence-electron chi connectivity index (χ3n) is 5.50. The monoisotopic (exact) mass is 480 g/mol. The summed E-state index contributed by atoms with van der Waals surface area (Å²) in [5, 5.41) is 3.01. The van der Waals surface area contributed by atoms with Gasteiger partial charge in [0.15, 0.2) is 5.75 Å². The van der Waals surface area contributed by atoms with Gasteiger partial charge >= 0.3 is 0 Å². The lowest BCUT2D eigenvalue weighted by Gasteiger charge is -2.38. The van der Waals surface area contributed by atoms with E-state index in [0.717, 1.165) is 16.1 Å². The number of rotatable bonds is 7. The molecule has 8 heteroatoms. The molecule has 1 atom stereocenters. The summed E-state index contributed by atoms with van der Waals surface area (Å²) >= 11 is 0. The van der Waals surface area contributed by atoms with Crippen molar-refractivity contribution < 1.29 is 22.7 Å². The van der Waals surface area contributed by atoms with E-state index >= 15 is 0 Å². The molecule has 178 valence electrons. The molecular formula is C26H28N2O5S. The van der Waals surface area contributed by atoms with Crippen molar-refractivity contribution in [1.29, 1.82) is 0 Å². The van der Waals surface area contributed by atoms with Crippen LogP contribution in [0.3, 0.4) is 0 Å². The van der Waals surface area contributed by atoms with Crippen LogP contribution in [0.2, 0.25) is 0 Å². The first-order valence-electron chi connectivity index (χ1n) is 11.0. The van der Waals surface area contributed by atoms with Crippen LogP contribution in [0.1, 0.15) is 31.9 Å². The van der Waals surface area contributed by atoms with Gasteiger partial charge in [0.1, 0.15) is 23.6 Å². The van der Waals surface area contributed by atoms with Crippen LogP contribution in [0.25, 0.3) is 0 Å². The number of fused-ring (bicyclic) bond motifs is 1. The van der Waals surface area contributed by atoms with E-state index in [1.54, 1.807) is 36.4 Å². The molecule has 3 aromatic carbocycles. The van der Waals surface area contributed by atoms with Crippen LogP contribution in [-0.4, -0.2) is 32.7 Å². The summed E-state index contributed by atoms with van der Waals surface area (Å²) in [5.41, 5.74) is 0.685. The number of sulfonamides is 1. The predicted octanol–water partition coefficient (Wildman–Crippen LogP) is 4.66. The van der Waals surface area contributed by atoms with Gasteiger partial charge in [0.05, 0.1) is 18.0 Å². The van der Waals surface area contributed by atoms with Crippen molar-refractivity contribution in [3.05, 3.63) is 84.4 Å². The Bertz CT molecular complexity index is 1280. The minimum Gasteiger partial charge on any atom is -0.487 e. The molecule has 1 aliphatic rings. The second kappa shape index (κ2) is 9.38. The molecule has 0 spiro atoms. The van der Waals surface area contributed by atoms with Gasteiger partial charge in [0.25, 0.3) is 0 Å². The molecule has 0 bridgehead atoms. The Hall–Kier alpha value is -3.52. The van der Waals surface area contributed by atoms with Gasteiger partial charge in [-0.25, -0.2) is 8.42 Å². The molecule has 0 radical (unpaired) electrons. The number of nitrogens with zero attached hydrogens (tertiary/aromatic N) is 1. The zero-order chi connectivity index (χ0) is 24.3. The van der Waals surface area contributed by atoms with E-state index in [-0.39, 0.29) is 18.3 Å². The number of carbonyl (C=O) groups is 1. The molecule has 0 aromatic heterocycles. The number of ether oxygens (including phenoxy) is 2. The molecule has 34 heavy (non-hydrogen) atoms. The molecule has 1 N–H and O–H groups in total. The highest BCUT2D eigenvalue weighted by Gasteiger charge is 2.35. The molecule has 4 rings (SSSR count). The van der Waals surface area contributed by atoms with E-state index in [0.29, 0.717) is 23.7 Å². The van der Waals surface area contributed by atoms with Crippen molar-refractivity contribution in [2.75, 3.05) is 17.1 Å². The Morgan fingerprint density at radius 1 is 1.03 bits per heavy atom. The van der Waals surface area contributed by atoms with Crippen LogP contribution in [-0.2, 0) is 14.8 Å². The molecule has 1 heterocycles. The highest BCUT2D eigenvalue weighted by molar-refractivity contribution is 7.92. The van der Waals surface area contributed by atoms with Crippen LogP contribution in [0.4, 0.5) is 5.69 Å². The maximum absolute atomic E-state index is 13.1. The highest BCUT2D eigenvalue weighted by Crippen LogP contribution is 2.39. The summed E-state index contributed by atoms with van der Waals surface area (Å²) in [5.74, 6) is 1.20.